The third kappa shape index (κ3) is 1.25. The van der Waals surface area contributed by atoms with E-state index < -0.39 is 0 Å². The van der Waals surface area contributed by atoms with Crippen molar-refractivity contribution in [3.05, 3.63) is 23.8 Å². The summed E-state index contributed by atoms with van der Waals surface area (Å²) in [7, 11) is 0. The molecule has 2 nitrogen and oxygen atoms in total. The van der Waals surface area contributed by atoms with E-state index in [1.54, 1.807) is 12.1 Å². The van der Waals surface area contributed by atoms with Gasteiger partial charge in [0.05, 0.1) is 5.00 Å². The zero-order valence-electron chi connectivity index (χ0n) is 7.37. The molecule has 0 fully saturated rings. The van der Waals surface area contributed by atoms with E-state index in [1.165, 1.54) is 22.3 Å². The van der Waals surface area contributed by atoms with E-state index >= 15 is 0 Å². The first-order valence-corrected chi connectivity index (χ1v) is 5.04. The number of rotatable bonds is 1. The minimum absolute atomic E-state index is 0.302. The molecule has 0 aliphatic heterocycles. The van der Waals surface area contributed by atoms with Gasteiger partial charge in [0.1, 0.15) is 5.75 Å². The molecule has 0 aliphatic carbocycles. The molecule has 0 unspecified atom stereocenters. The summed E-state index contributed by atoms with van der Waals surface area (Å²) >= 11 is 1.54. The van der Waals surface area contributed by atoms with Crippen molar-refractivity contribution >= 4 is 26.4 Å². The molecule has 1 aromatic carbocycles. The van der Waals surface area contributed by atoms with Gasteiger partial charge in [-0.1, -0.05) is 6.92 Å². The average Bonchev–Trinajstić information content (AvgIpc) is 2.39. The van der Waals surface area contributed by atoms with Gasteiger partial charge < -0.3 is 10.8 Å². The van der Waals surface area contributed by atoms with Crippen LogP contribution in [0, 0.1) is 0 Å². The standard InChI is InChI=1S/C10H11NOS/c1-2-7-8-4-3-6(12)5-9(8)13-10(7)11/h3-5,12H,2,11H2,1H3. The number of fused-ring (bicyclic) bond motifs is 1. The molecule has 0 saturated carbocycles. The summed E-state index contributed by atoms with van der Waals surface area (Å²) in [5.74, 6) is 0.302. The summed E-state index contributed by atoms with van der Waals surface area (Å²) < 4.78 is 1.06. The summed E-state index contributed by atoms with van der Waals surface area (Å²) in [6, 6.07) is 5.39. The van der Waals surface area contributed by atoms with Crippen LogP contribution < -0.4 is 5.73 Å². The molecule has 0 bridgehead atoms. The molecule has 0 radical (unpaired) electrons. The third-order valence-corrected chi connectivity index (χ3v) is 3.19. The van der Waals surface area contributed by atoms with Crippen LogP contribution in [0.15, 0.2) is 18.2 Å². The third-order valence-electron chi connectivity index (χ3n) is 2.16. The first kappa shape index (κ1) is 8.38. The Balaban J connectivity index is 2.79. The van der Waals surface area contributed by atoms with Crippen LogP contribution in [0.25, 0.3) is 10.1 Å². The maximum Gasteiger partial charge on any atom is 0.117 e. The van der Waals surface area contributed by atoms with Crippen molar-refractivity contribution in [3.63, 3.8) is 0 Å². The van der Waals surface area contributed by atoms with Crippen LogP contribution in [0.4, 0.5) is 5.00 Å². The van der Waals surface area contributed by atoms with Crippen molar-refractivity contribution in [2.75, 3.05) is 5.73 Å². The molecule has 2 rings (SSSR count). The molecule has 1 heterocycles. The maximum atomic E-state index is 9.27. The predicted molar refractivity (Wildman–Crippen MR) is 57.3 cm³/mol. The largest absolute Gasteiger partial charge is 0.508 e. The van der Waals surface area contributed by atoms with E-state index in [1.807, 2.05) is 6.07 Å². The number of nitrogen functional groups attached to an aromatic ring is 1. The van der Waals surface area contributed by atoms with Crippen molar-refractivity contribution in [3.8, 4) is 5.75 Å². The van der Waals surface area contributed by atoms with Gasteiger partial charge in [0.2, 0.25) is 0 Å². The topological polar surface area (TPSA) is 46.2 Å². The lowest BCUT2D eigenvalue weighted by atomic mass is 10.1. The molecule has 3 N–H and O–H groups in total. The number of phenols is 1. The highest BCUT2D eigenvalue weighted by Gasteiger charge is 2.07. The van der Waals surface area contributed by atoms with E-state index in [0.29, 0.717) is 5.75 Å². The Kier molecular flexibility index (Phi) is 1.88. The number of benzene rings is 1. The highest BCUT2D eigenvalue weighted by molar-refractivity contribution is 7.22. The number of thiophene rings is 1. The molecule has 1 aromatic heterocycles. The normalized spacial score (nSPS) is 10.8. The number of hydrogen-bond donors (Lipinski definition) is 2. The average molecular weight is 193 g/mol. The van der Waals surface area contributed by atoms with E-state index in [9.17, 15) is 5.11 Å². The number of nitrogens with two attached hydrogens (primary N) is 1. The van der Waals surface area contributed by atoms with Gasteiger partial charge in [-0.05, 0) is 35.6 Å². The Morgan fingerprint density at radius 3 is 2.92 bits per heavy atom. The van der Waals surface area contributed by atoms with Crippen LogP contribution in [-0.4, -0.2) is 5.11 Å². The van der Waals surface area contributed by atoms with Crippen molar-refractivity contribution in [2.45, 2.75) is 13.3 Å². The number of phenolic OH excluding ortho intramolecular Hbond substituents is 1. The van der Waals surface area contributed by atoms with Crippen molar-refractivity contribution < 1.29 is 5.11 Å². The quantitative estimate of drug-likeness (QED) is 0.731. The smallest absolute Gasteiger partial charge is 0.117 e. The molecule has 68 valence electrons. The Hall–Kier alpha value is -1.22. The highest BCUT2D eigenvalue weighted by atomic mass is 32.1. The molecule has 0 aliphatic rings. The van der Waals surface area contributed by atoms with Gasteiger partial charge >= 0.3 is 0 Å². The van der Waals surface area contributed by atoms with E-state index in [2.05, 4.69) is 6.92 Å². The van der Waals surface area contributed by atoms with Crippen LogP contribution >= 0.6 is 11.3 Å². The molecular formula is C10H11NOS. The maximum absolute atomic E-state index is 9.27. The van der Waals surface area contributed by atoms with Gasteiger partial charge in [0.25, 0.3) is 0 Å². The Morgan fingerprint density at radius 1 is 1.46 bits per heavy atom. The van der Waals surface area contributed by atoms with Crippen LogP contribution in [0.2, 0.25) is 0 Å². The van der Waals surface area contributed by atoms with Gasteiger partial charge in [-0.25, -0.2) is 0 Å². The minimum atomic E-state index is 0.302. The van der Waals surface area contributed by atoms with Crippen molar-refractivity contribution in [1.82, 2.24) is 0 Å². The summed E-state index contributed by atoms with van der Waals surface area (Å²) in [5, 5.41) is 11.3. The second-order valence-corrected chi connectivity index (χ2v) is 4.06. The monoisotopic (exact) mass is 193 g/mol. The number of aromatic hydroxyl groups is 1. The molecule has 0 spiro atoms. The second kappa shape index (κ2) is 2.92. The van der Waals surface area contributed by atoms with Crippen LogP contribution in [0.5, 0.6) is 5.75 Å². The first-order valence-electron chi connectivity index (χ1n) is 4.22. The predicted octanol–water partition coefficient (Wildman–Crippen LogP) is 2.75. The summed E-state index contributed by atoms with van der Waals surface area (Å²) in [6.07, 6.45) is 0.941. The fourth-order valence-corrected chi connectivity index (χ4v) is 2.62. The summed E-state index contributed by atoms with van der Waals surface area (Å²) in [6.45, 7) is 2.09. The molecule has 3 heteroatoms. The number of hydrogen-bond acceptors (Lipinski definition) is 3. The van der Waals surface area contributed by atoms with Crippen LogP contribution in [0.3, 0.4) is 0 Å². The summed E-state index contributed by atoms with van der Waals surface area (Å²) in [4.78, 5) is 0. The molecular weight excluding hydrogens is 182 g/mol. The number of anilines is 1. The Morgan fingerprint density at radius 2 is 2.23 bits per heavy atom. The van der Waals surface area contributed by atoms with E-state index in [0.717, 1.165) is 16.1 Å². The number of aryl methyl sites for hydroxylation is 1. The molecule has 0 amide bonds. The molecule has 0 atom stereocenters. The summed E-state index contributed by atoms with van der Waals surface area (Å²) in [5.41, 5.74) is 7.05. The minimum Gasteiger partial charge on any atom is -0.508 e. The lowest BCUT2D eigenvalue weighted by Gasteiger charge is -1.95. The van der Waals surface area contributed by atoms with Gasteiger partial charge in [0.15, 0.2) is 0 Å². The van der Waals surface area contributed by atoms with Crippen molar-refractivity contribution in [1.29, 1.82) is 0 Å². The van der Waals surface area contributed by atoms with Crippen LogP contribution in [0.1, 0.15) is 12.5 Å². The highest BCUT2D eigenvalue weighted by Crippen LogP contribution is 2.35. The zero-order valence-corrected chi connectivity index (χ0v) is 8.19. The fourth-order valence-electron chi connectivity index (χ4n) is 1.52. The van der Waals surface area contributed by atoms with Gasteiger partial charge in [-0.2, -0.15) is 0 Å². The lowest BCUT2D eigenvalue weighted by molar-refractivity contribution is 0.476. The van der Waals surface area contributed by atoms with E-state index in [4.69, 9.17) is 5.73 Å². The SMILES string of the molecule is CCc1c(N)sc2cc(O)ccc12. The van der Waals surface area contributed by atoms with Crippen LogP contribution in [-0.2, 0) is 6.42 Å². The Labute approximate surface area is 80.6 Å². The van der Waals surface area contributed by atoms with Gasteiger partial charge in [-0.3, -0.25) is 0 Å². The van der Waals surface area contributed by atoms with Gasteiger partial charge in [-0.15, -0.1) is 11.3 Å². The lowest BCUT2D eigenvalue weighted by Crippen LogP contribution is -1.85. The van der Waals surface area contributed by atoms with Crippen molar-refractivity contribution in [2.24, 2.45) is 0 Å². The molecule has 2 aromatic rings. The first-order chi connectivity index (χ1) is 6.22. The second-order valence-electron chi connectivity index (χ2n) is 2.98. The fraction of sp³-hybridized carbons (Fsp3) is 0.200. The molecule has 13 heavy (non-hydrogen) atoms. The van der Waals surface area contributed by atoms with Gasteiger partial charge in [0, 0.05) is 4.70 Å². The molecule has 0 saturated heterocycles. The Bertz CT molecular complexity index is 447. The van der Waals surface area contributed by atoms with E-state index in [-0.39, 0.29) is 0 Å². The zero-order chi connectivity index (χ0) is 9.42.